The van der Waals surface area contributed by atoms with E-state index in [9.17, 15) is 4.79 Å². The molecule has 0 bridgehead atoms. The molecule has 0 aromatic carbocycles. The van der Waals surface area contributed by atoms with Crippen LogP contribution in [0.2, 0.25) is 5.28 Å². The number of aromatic nitrogens is 2. The van der Waals surface area contributed by atoms with Gasteiger partial charge in [0.05, 0.1) is 6.04 Å². The van der Waals surface area contributed by atoms with Crippen LogP contribution in [0.5, 0.6) is 0 Å². The first-order chi connectivity index (χ1) is 10.3. The summed E-state index contributed by atoms with van der Waals surface area (Å²) in [7, 11) is 0. The van der Waals surface area contributed by atoms with Crippen molar-refractivity contribution in [2.24, 2.45) is 0 Å². The van der Waals surface area contributed by atoms with Gasteiger partial charge < -0.3 is 15.0 Å². The third kappa shape index (κ3) is 4.47. The Labute approximate surface area is 136 Å². The largest absolute Gasteiger partial charge is 0.444 e. The molecule has 1 saturated heterocycles. The normalized spacial score (nSPS) is 18.4. The van der Waals surface area contributed by atoms with Crippen LogP contribution in [0.4, 0.5) is 10.6 Å². The van der Waals surface area contributed by atoms with Gasteiger partial charge in [0.1, 0.15) is 11.4 Å². The second kappa shape index (κ2) is 6.69. The molecule has 1 aromatic heterocycles. The van der Waals surface area contributed by atoms with E-state index in [1.165, 1.54) is 0 Å². The van der Waals surface area contributed by atoms with E-state index in [-0.39, 0.29) is 17.4 Å². The molecular formula is C15H23ClN4O2. The van der Waals surface area contributed by atoms with E-state index in [2.05, 4.69) is 15.3 Å². The molecule has 0 unspecified atom stereocenters. The number of aryl methyl sites for hydroxylation is 1. The highest BCUT2D eigenvalue weighted by Gasteiger charge is 2.32. The topological polar surface area (TPSA) is 67.4 Å². The number of anilines is 1. The highest BCUT2D eigenvalue weighted by Crippen LogP contribution is 2.22. The summed E-state index contributed by atoms with van der Waals surface area (Å²) in [6.45, 7) is 8.89. The van der Waals surface area contributed by atoms with Crippen LogP contribution in [-0.4, -0.2) is 45.7 Å². The molecule has 1 aliphatic rings. The van der Waals surface area contributed by atoms with Crippen molar-refractivity contribution in [3.05, 3.63) is 17.0 Å². The molecule has 0 aliphatic carbocycles. The minimum absolute atomic E-state index is 0.1000. The van der Waals surface area contributed by atoms with Gasteiger partial charge in [-0.1, -0.05) is 0 Å². The zero-order valence-electron chi connectivity index (χ0n) is 13.5. The fourth-order valence-electron chi connectivity index (χ4n) is 2.42. The molecule has 2 rings (SSSR count). The van der Waals surface area contributed by atoms with Gasteiger partial charge in [-0.2, -0.15) is 0 Å². The Morgan fingerprint density at radius 3 is 2.95 bits per heavy atom. The lowest BCUT2D eigenvalue weighted by molar-refractivity contribution is 0.0235. The molecule has 2 heterocycles. The quantitative estimate of drug-likeness (QED) is 0.864. The van der Waals surface area contributed by atoms with Gasteiger partial charge in [0.2, 0.25) is 5.28 Å². The van der Waals surface area contributed by atoms with Gasteiger partial charge in [-0.25, -0.2) is 14.8 Å². The first-order valence-electron chi connectivity index (χ1n) is 7.49. The molecule has 7 heteroatoms. The van der Waals surface area contributed by atoms with Crippen LogP contribution in [0.15, 0.2) is 6.20 Å². The van der Waals surface area contributed by atoms with E-state index in [0.29, 0.717) is 12.4 Å². The van der Waals surface area contributed by atoms with Gasteiger partial charge in [0.25, 0.3) is 0 Å². The number of nitrogens with one attached hydrogen (secondary N) is 1. The minimum Gasteiger partial charge on any atom is -0.444 e. The maximum Gasteiger partial charge on any atom is 0.410 e. The van der Waals surface area contributed by atoms with Crippen molar-refractivity contribution in [1.29, 1.82) is 0 Å². The molecule has 1 atom stereocenters. The molecule has 1 N–H and O–H groups in total. The molecule has 1 aliphatic heterocycles. The number of nitrogens with zero attached hydrogens (tertiary/aromatic N) is 3. The lowest BCUT2D eigenvalue weighted by atomic mass is 10.2. The van der Waals surface area contributed by atoms with E-state index in [4.69, 9.17) is 16.3 Å². The number of carbonyl (C=O) groups is 1. The predicted octanol–water partition coefficient (Wildman–Crippen LogP) is 3.25. The summed E-state index contributed by atoms with van der Waals surface area (Å²) in [5.74, 6) is 0.705. The third-order valence-corrected chi connectivity index (χ3v) is 3.63. The Hall–Kier alpha value is -1.56. The van der Waals surface area contributed by atoms with Gasteiger partial charge in [0.15, 0.2) is 0 Å². The zero-order chi connectivity index (χ0) is 16.3. The maximum atomic E-state index is 12.2. The van der Waals surface area contributed by atoms with Crippen molar-refractivity contribution in [1.82, 2.24) is 14.9 Å². The molecule has 6 nitrogen and oxygen atoms in total. The first kappa shape index (κ1) is 16.8. The van der Waals surface area contributed by atoms with Crippen molar-refractivity contribution in [3.8, 4) is 0 Å². The van der Waals surface area contributed by atoms with Crippen LogP contribution in [0, 0.1) is 6.92 Å². The molecular weight excluding hydrogens is 304 g/mol. The van der Waals surface area contributed by atoms with Crippen LogP contribution in [-0.2, 0) is 4.74 Å². The van der Waals surface area contributed by atoms with Gasteiger partial charge in [0, 0.05) is 24.8 Å². The number of rotatable bonds is 3. The Morgan fingerprint density at radius 2 is 2.27 bits per heavy atom. The lowest BCUT2D eigenvalue weighted by Crippen LogP contribution is -2.42. The third-order valence-electron chi connectivity index (χ3n) is 3.45. The highest BCUT2D eigenvalue weighted by atomic mass is 35.5. The van der Waals surface area contributed by atoms with Crippen LogP contribution < -0.4 is 5.32 Å². The Bertz CT molecular complexity index is 545. The Morgan fingerprint density at radius 1 is 1.55 bits per heavy atom. The summed E-state index contributed by atoms with van der Waals surface area (Å²) >= 11 is 5.82. The zero-order valence-corrected chi connectivity index (χ0v) is 14.3. The summed E-state index contributed by atoms with van der Waals surface area (Å²) in [4.78, 5) is 22.1. The van der Waals surface area contributed by atoms with Crippen molar-refractivity contribution in [2.45, 2.75) is 52.2 Å². The molecule has 1 amide bonds. The highest BCUT2D eigenvalue weighted by molar-refractivity contribution is 6.28. The molecule has 0 saturated carbocycles. The number of amides is 1. The van der Waals surface area contributed by atoms with Gasteiger partial charge >= 0.3 is 6.09 Å². The van der Waals surface area contributed by atoms with E-state index >= 15 is 0 Å². The summed E-state index contributed by atoms with van der Waals surface area (Å²) in [6.07, 6.45) is 3.35. The van der Waals surface area contributed by atoms with E-state index in [0.717, 1.165) is 24.9 Å². The summed E-state index contributed by atoms with van der Waals surface area (Å²) in [5, 5.41) is 3.47. The number of carbonyl (C=O) groups excluding carboxylic acids is 1. The summed E-state index contributed by atoms with van der Waals surface area (Å²) in [5.41, 5.74) is 0.445. The molecule has 1 aromatic rings. The number of hydrogen-bond donors (Lipinski definition) is 1. The van der Waals surface area contributed by atoms with E-state index < -0.39 is 5.60 Å². The van der Waals surface area contributed by atoms with Crippen LogP contribution in [0.1, 0.15) is 39.2 Å². The molecule has 0 spiro atoms. The summed E-state index contributed by atoms with van der Waals surface area (Å²) in [6, 6.07) is 0.1000. The molecule has 22 heavy (non-hydrogen) atoms. The Kier molecular flexibility index (Phi) is 5.11. The first-order valence-corrected chi connectivity index (χ1v) is 7.87. The maximum absolute atomic E-state index is 12.2. The predicted molar refractivity (Wildman–Crippen MR) is 86.2 cm³/mol. The summed E-state index contributed by atoms with van der Waals surface area (Å²) < 4.78 is 5.46. The number of likely N-dealkylation sites (tertiary alicyclic amines) is 1. The van der Waals surface area contributed by atoms with E-state index in [1.807, 2.05) is 27.7 Å². The fraction of sp³-hybridized carbons (Fsp3) is 0.667. The average Bonchev–Trinajstić information content (AvgIpc) is 2.86. The molecule has 1 fully saturated rings. The monoisotopic (exact) mass is 326 g/mol. The average molecular weight is 327 g/mol. The van der Waals surface area contributed by atoms with Crippen molar-refractivity contribution < 1.29 is 9.53 Å². The van der Waals surface area contributed by atoms with Crippen molar-refractivity contribution in [2.75, 3.05) is 18.4 Å². The molecule has 0 radical (unpaired) electrons. The van der Waals surface area contributed by atoms with Crippen LogP contribution in [0.3, 0.4) is 0 Å². The van der Waals surface area contributed by atoms with Gasteiger partial charge in [-0.05, 0) is 52.1 Å². The number of hydrogen-bond acceptors (Lipinski definition) is 5. The SMILES string of the molecule is Cc1cnc(Cl)nc1NC[C@@H]1CCCN1C(=O)OC(C)(C)C. The van der Waals surface area contributed by atoms with E-state index in [1.54, 1.807) is 11.1 Å². The minimum atomic E-state index is -0.478. The van der Waals surface area contributed by atoms with Crippen LogP contribution in [0.25, 0.3) is 0 Å². The smallest absolute Gasteiger partial charge is 0.410 e. The second-order valence-electron chi connectivity index (χ2n) is 6.52. The second-order valence-corrected chi connectivity index (χ2v) is 6.86. The molecule has 122 valence electrons. The van der Waals surface area contributed by atoms with Crippen molar-refractivity contribution >= 4 is 23.5 Å². The van der Waals surface area contributed by atoms with Crippen molar-refractivity contribution in [3.63, 3.8) is 0 Å². The van der Waals surface area contributed by atoms with Gasteiger partial charge in [-0.3, -0.25) is 0 Å². The fourth-order valence-corrected chi connectivity index (χ4v) is 2.56. The van der Waals surface area contributed by atoms with Gasteiger partial charge in [-0.15, -0.1) is 0 Å². The Balaban J connectivity index is 1.97. The standard InChI is InChI=1S/C15H23ClN4O2/c1-10-8-18-13(16)19-12(10)17-9-11-6-5-7-20(11)14(21)22-15(2,3)4/h8,11H,5-7,9H2,1-4H3,(H,17,18,19)/t11-/m0/s1. The number of ether oxygens (including phenoxy) is 1. The van der Waals surface area contributed by atoms with Crippen LogP contribution >= 0.6 is 11.6 Å². The number of halogens is 1. The lowest BCUT2D eigenvalue weighted by Gasteiger charge is -2.28.